The molecule has 2 N–H and O–H groups in total. The number of nitrogens with one attached hydrogen (secondary N) is 2. The summed E-state index contributed by atoms with van der Waals surface area (Å²) in [6.45, 7) is 3.18. The highest BCUT2D eigenvalue weighted by atomic mass is 19.1. The van der Waals surface area contributed by atoms with E-state index in [2.05, 4.69) is 15.6 Å². The van der Waals surface area contributed by atoms with Gasteiger partial charge in [-0.05, 0) is 37.6 Å². The highest BCUT2D eigenvalue weighted by Crippen LogP contribution is 2.24. The molecule has 1 unspecified atom stereocenters. The first kappa shape index (κ1) is 22.1. The number of nitrogens with zero attached hydrogens (tertiary/aromatic N) is 2. The molecule has 3 rings (SSSR count). The van der Waals surface area contributed by atoms with Gasteiger partial charge in [0, 0.05) is 24.4 Å². The Kier molecular flexibility index (Phi) is 6.43. The third-order valence-electron chi connectivity index (χ3n) is 4.88. The lowest BCUT2D eigenvalue weighted by molar-refractivity contribution is -0.130. The number of likely N-dealkylation sites (N-methyl/N-ethyl adjacent to an activating group) is 1. The maximum atomic E-state index is 13.3. The van der Waals surface area contributed by atoms with Crippen molar-refractivity contribution < 1.29 is 23.2 Å². The number of para-hydroxylation sites is 1. The highest BCUT2D eigenvalue weighted by molar-refractivity contribution is 6.12. The van der Waals surface area contributed by atoms with Crippen molar-refractivity contribution in [3.63, 3.8) is 0 Å². The standard InChI is InChI=1S/C22H22F2N4O3/c1-12-17-6-4-5-7-18(17)28(3)22(31)20(26-12)27-21(30)13(2)25-19(29)10-14-8-15(23)11-16(24)9-14/h4-9,11,13,20H,10H2,1-3H3,(H,25,29)(H,27,30)/t13-,20?/m0/s1. The number of halogens is 2. The Hall–Kier alpha value is -3.62. The first-order valence-electron chi connectivity index (χ1n) is 9.62. The van der Waals surface area contributed by atoms with Crippen molar-refractivity contribution >= 4 is 29.1 Å². The lowest BCUT2D eigenvalue weighted by atomic mass is 10.1. The molecule has 0 radical (unpaired) electrons. The smallest absolute Gasteiger partial charge is 0.272 e. The van der Waals surface area contributed by atoms with E-state index in [1.54, 1.807) is 26.1 Å². The first-order chi connectivity index (χ1) is 14.7. The van der Waals surface area contributed by atoms with Gasteiger partial charge in [0.05, 0.1) is 12.1 Å². The van der Waals surface area contributed by atoms with E-state index in [9.17, 15) is 23.2 Å². The number of amides is 3. The molecule has 0 saturated carbocycles. The van der Waals surface area contributed by atoms with Gasteiger partial charge < -0.3 is 15.5 Å². The van der Waals surface area contributed by atoms with Crippen molar-refractivity contribution in [2.24, 2.45) is 4.99 Å². The number of anilines is 1. The number of fused-ring (bicyclic) bond motifs is 1. The second-order valence-electron chi connectivity index (χ2n) is 7.28. The summed E-state index contributed by atoms with van der Waals surface area (Å²) in [7, 11) is 1.60. The molecule has 3 amide bonds. The molecule has 2 aromatic carbocycles. The molecule has 7 nitrogen and oxygen atoms in total. The van der Waals surface area contributed by atoms with Crippen LogP contribution in [0.2, 0.25) is 0 Å². The Bertz CT molecular complexity index is 1050. The summed E-state index contributed by atoms with van der Waals surface area (Å²) in [5.41, 5.74) is 2.18. The van der Waals surface area contributed by atoms with Crippen LogP contribution in [-0.4, -0.2) is 42.7 Å². The van der Waals surface area contributed by atoms with Crippen LogP contribution in [-0.2, 0) is 20.8 Å². The van der Waals surface area contributed by atoms with Crippen molar-refractivity contribution in [3.8, 4) is 0 Å². The zero-order chi connectivity index (χ0) is 22.7. The monoisotopic (exact) mass is 428 g/mol. The quantitative estimate of drug-likeness (QED) is 0.763. The van der Waals surface area contributed by atoms with Crippen LogP contribution >= 0.6 is 0 Å². The molecule has 1 aliphatic heterocycles. The fourth-order valence-corrected chi connectivity index (χ4v) is 3.30. The Morgan fingerprint density at radius 1 is 1.16 bits per heavy atom. The third kappa shape index (κ3) is 5.11. The Balaban J connectivity index is 1.66. The van der Waals surface area contributed by atoms with Gasteiger partial charge in [-0.2, -0.15) is 0 Å². The molecule has 1 heterocycles. The maximum absolute atomic E-state index is 13.3. The van der Waals surface area contributed by atoms with Gasteiger partial charge in [0.1, 0.15) is 17.7 Å². The number of carbonyl (C=O) groups excluding carboxylic acids is 3. The van der Waals surface area contributed by atoms with Crippen LogP contribution in [0.25, 0.3) is 0 Å². The summed E-state index contributed by atoms with van der Waals surface area (Å²) in [6.07, 6.45) is -1.45. The first-order valence-corrected chi connectivity index (χ1v) is 9.62. The minimum Gasteiger partial charge on any atom is -0.344 e. The van der Waals surface area contributed by atoms with Gasteiger partial charge in [0.15, 0.2) is 0 Å². The lowest BCUT2D eigenvalue weighted by Crippen LogP contribution is -2.52. The van der Waals surface area contributed by atoms with Gasteiger partial charge in [0.25, 0.3) is 5.91 Å². The number of carbonyl (C=O) groups is 3. The molecule has 9 heteroatoms. The normalized spacial score (nSPS) is 16.7. The van der Waals surface area contributed by atoms with E-state index in [0.29, 0.717) is 17.5 Å². The molecule has 0 saturated heterocycles. The summed E-state index contributed by atoms with van der Waals surface area (Å²) in [5, 5.41) is 5.00. The SMILES string of the molecule is CC1=NC(NC(=O)[C@H](C)NC(=O)Cc2cc(F)cc(F)c2)C(=O)N(C)c2ccccc21. The fraction of sp³-hybridized carbons (Fsp3) is 0.273. The van der Waals surface area contributed by atoms with Gasteiger partial charge in [-0.15, -0.1) is 0 Å². The third-order valence-corrected chi connectivity index (χ3v) is 4.88. The van der Waals surface area contributed by atoms with Crippen molar-refractivity contribution in [3.05, 3.63) is 65.2 Å². The van der Waals surface area contributed by atoms with E-state index in [1.165, 1.54) is 11.8 Å². The van der Waals surface area contributed by atoms with Gasteiger partial charge in [-0.25, -0.2) is 8.78 Å². The molecular weight excluding hydrogens is 406 g/mol. The number of rotatable bonds is 5. The topological polar surface area (TPSA) is 90.9 Å². The molecule has 0 aliphatic carbocycles. The van der Waals surface area contributed by atoms with Crippen molar-refractivity contribution in [2.45, 2.75) is 32.5 Å². The molecule has 0 fully saturated rings. The van der Waals surface area contributed by atoms with E-state index in [4.69, 9.17) is 0 Å². The van der Waals surface area contributed by atoms with Crippen LogP contribution in [0.4, 0.5) is 14.5 Å². The molecule has 31 heavy (non-hydrogen) atoms. The summed E-state index contributed by atoms with van der Waals surface area (Å²) in [4.78, 5) is 43.3. The highest BCUT2D eigenvalue weighted by Gasteiger charge is 2.30. The van der Waals surface area contributed by atoms with Crippen molar-refractivity contribution in [1.82, 2.24) is 10.6 Å². The molecule has 2 aromatic rings. The number of benzene rings is 2. The van der Waals surface area contributed by atoms with Crippen LogP contribution in [0.15, 0.2) is 47.5 Å². The van der Waals surface area contributed by atoms with Gasteiger partial charge in [-0.3, -0.25) is 19.4 Å². The minimum absolute atomic E-state index is 0.140. The minimum atomic E-state index is -1.15. The predicted molar refractivity (Wildman–Crippen MR) is 112 cm³/mol. The zero-order valence-corrected chi connectivity index (χ0v) is 17.3. The molecule has 2 atom stereocenters. The van der Waals surface area contributed by atoms with E-state index in [0.717, 1.165) is 17.7 Å². The van der Waals surface area contributed by atoms with E-state index < -0.39 is 41.6 Å². The average Bonchev–Trinajstić information content (AvgIpc) is 2.78. The van der Waals surface area contributed by atoms with Gasteiger partial charge in [-0.1, -0.05) is 18.2 Å². The molecule has 0 aromatic heterocycles. The predicted octanol–water partition coefficient (Wildman–Crippen LogP) is 1.94. The number of aliphatic imine (C=N–C) groups is 1. The Labute approximate surface area is 178 Å². The second-order valence-corrected chi connectivity index (χ2v) is 7.28. The largest absolute Gasteiger partial charge is 0.344 e. The molecule has 162 valence electrons. The van der Waals surface area contributed by atoms with Crippen LogP contribution in [0.3, 0.4) is 0 Å². The van der Waals surface area contributed by atoms with Crippen molar-refractivity contribution in [2.75, 3.05) is 11.9 Å². The summed E-state index contributed by atoms with van der Waals surface area (Å²) >= 11 is 0. The average molecular weight is 428 g/mol. The molecule has 0 bridgehead atoms. The lowest BCUT2D eigenvalue weighted by Gasteiger charge is -2.22. The van der Waals surface area contributed by atoms with Gasteiger partial charge in [0.2, 0.25) is 18.0 Å². The van der Waals surface area contributed by atoms with E-state index >= 15 is 0 Å². The van der Waals surface area contributed by atoms with Crippen LogP contribution < -0.4 is 15.5 Å². The molecule has 1 aliphatic rings. The van der Waals surface area contributed by atoms with Crippen molar-refractivity contribution in [1.29, 1.82) is 0 Å². The van der Waals surface area contributed by atoms with Crippen LogP contribution in [0.5, 0.6) is 0 Å². The number of hydrogen-bond donors (Lipinski definition) is 2. The van der Waals surface area contributed by atoms with Gasteiger partial charge >= 0.3 is 0 Å². The maximum Gasteiger partial charge on any atom is 0.272 e. The summed E-state index contributed by atoms with van der Waals surface area (Å²) in [6, 6.07) is 9.05. The Morgan fingerprint density at radius 3 is 2.48 bits per heavy atom. The Morgan fingerprint density at radius 2 is 1.81 bits per heavy atom. The number of benzodiazepines with no additional fused rings is 1. The summed E-state index contributed by atoms with van der Waals surface area (Å²) < 4.78 is 26.6. The molecule has 0 spiro atoms. The molecular formula is C22H22F2N4O3. The van der Waals surface area contributed by atoms with Crippen LogP contribution in [0.1, 0.15) is 25.0 Å². The fourth-order valence-electron chi connectivity index (χ4n) is 3.30. The van der Waals surface area contributed by atoms with E-state index in [-0.39, 0.29) is 12.0 Å². The van der Waals surface area contributed by atoms with E-state index in [1.807, 2.05) is 12.1 Å². The zero-order valence-electron chi connectivity index (χ0n) is 17.3. The van der Waals surface area contributed by atoms with Crippen LogP contribution in [0, 0.1) is 11.6 Å². The summed E-state index contributed by atoms with van der Waals surface area (Å²) in [5.74, 6) is -3.22. The second kappa shape index (κ2) is 9.03. The number of hydrogen-bond acceptors (Lipinski definition) is 4.